The number of carbonyl (C=O) groups excluding carboxylic acids is 1. The minimum Gasteiger partial charge on any atom is -0.444 e. The molecule has 1 fully saturated rings. The molecule has 1 aromatic rings. The van der Waals surface area contributed by atoms with Crippen LogP contribution in [-0.2, 0) is 16.1 Å². The lowest BCUT2D eigenvalue weighted by atomic mass is 10.1. The van der Waals surface area contributed by atoms with Gasteiger partial charge in [-0.3, -0.25) is 4.90 Å². The molecule has 2 aliphatic rings. The number of amides is 1. The van der Waals surface area contributed by atoms with Gasteiger partial charge in [-0.1, -0.05) is 42.5 Å². The number of nitrogens with one attached hydrogen (secondary N) is 1. The molecule has 1 saturated heterocycles. The molecule has 26 heavy (non-hydrogen) atoms. The van der Waals surface area contributed by atoms with Crippen molar-refractivity contribution in [1.82, 2.24) is 10.2 Å². The summed E-state index contributed by atoms with van der Waals surface area (Å²) < 4.78 is 10.5. The maximum atomic E-state index is 11.6. The van der Waals surface area contributed by atoms with Gasteiger partial charge in [0.1, 0.15) is 6.61 Å². The predicted molar refractivity (Wildman–Crippen MR) is 101 cm³/mol. The zero-order valence-corrected chi connectivity index (χ0v) is 15.0. The van der Waals surface area contributed by atoms with Gasteiger partial charge in [-0.05, 0) is 37.6 Å². The third-order valence-electron chi connectivity index (χ3n) is 3.99. The third-order valence-corrected chi connectivity index (χ3v) is 3.99. The van der Waals surface area contributed by atoms with Crippen LogP contribution in [0.25, 0.3) is 0 Å². The number of aliphatic hydroxyl groups is 1. The van der Waals surface area contributed by atoms with Crippen molar-refractivity contribution < 1.29 is 19.4 Å². The molecule has 0 aliphatic carbocycles. The summed E-state index contributed by atoms with van der Waals surface area (Å²) >= 11 is 0. The second kappa shape index (κ2) is 12.2. The lowest BCUT2D eigenvalue weighted by Crippen LogP contribution is -2.32. The fourth-order valence-electron chi connectivity index (χ4n) is 2.59. The average Bonchev–Trinajstić information content (AvgIpc) is 2.73. The number of rotatable bonds is 5. The molecule has 2 heterocycles. The fourth-order valence-corrected chi connectivity index (χ4v) is 2.59. The first kappa shape index (κ1) is 20.2. The van der Waals surface area contributed by atoms with Crippen molar-refractivity contribution in [3.05, 3.63) is 60.3 Å². The Morgan fingerprint density at radius 1 is 1.19 bits per heavy atom. The van der Waals surface area contributed by atoms with Crippen LogP contribution >= 0.6 is 0 Å². The van der Waals surface area contributed by atoms with Gasteiger partial charge in [-0.15, -0.1) is 0 Å². The van der Waals surface area contributed by atoms with Crippen LogP contribution in [0.3, 0.4) is 0 Å². The maximum Gasteiger partial charge on any atom is 0.414 e. The molecule has 6 nitrogen and oxygen atoms in total. The monoisotopic (exact) mass is 360 g/mol. The highest BCUT2D eigenvalue weighted by molar-refractivity contribution is 5.69. The van der Waals surface area contributed by atoms with Gasteiger partial charge in [-0.2, -0.15) is 0 Å². The molecule has 2 N–H and O–H groups in total. The molecule has 0 bridgehead atoms. The Kier molecular flexibility index (Phi) is 9.50. The van der Waals surface area contributed by atoms with E-state index < -0.39 is 0 Å². The summed E-state index contributed by atoms with van der Waals surface area (Å²) in [7, 11) is 0. The lowest BCUT2D eigenvalue weighted by Gasteiger charge is -2.22. The van der Waals surface area contributed by atoms with Gasteiger partial charge in [0.2, 0.25) is 0 Å². The summed E-state index contributed by atoms with van der Waals surface area (Å²) in [5.41, 5.74) is 0.993. The van der Waals surface area contributed by atoms with E-state index in [0.29, 0.717) is 25.9 Å². The van der Waals surface area contributed by atoms with E-state index >= 15 is 0 Å². The van der Waals surface area contributed by atoms with E-state index in [1.165, 1.54) is 4.90 Å². The fraction of sp³-hybridized carbons (Fsp3) is 0.450. The first-order chi connectivity index (χ1) is 12.8. The van der Waals surface area contributed by atoms with Crippen LogP contribution in [-0.4, -0.2) is 55.1 Å². The number of hydrogen-bond acceptors (Lipinski definition) is 5. The first-order valence-corrected chi connectivity index (χ1v) is 9.03. The van der Waals surface area contributed by atoms with E-state index in [1.807, 2.05) is 48.6 Å². The van der Waals surface area contributed by atoms with Crippen LogP contribution < -0.4 is 5.32 Å². The van der Waals surface area contributed by atoms with E-state index in [-0.39, 0.29) is 12.7 Å². The molecule has 1 aromatic carbocycles. The van der Waals surface area contributed by atoms with Crippen molar-refractivity contribution in [1.29, 1.82) is 0 Å². The number of piperidine rings is 1. The minimum absolute atomic E-state index is 0.143. The zero-order valence-electron chi connectivity index (χ0n) is 15.0. The van der Waals surface area contributed by atoms with Gasteiger partial charge in [-0.25, -0.2) is 4.79 Å². The molecular formula is C20H28N2O4. The highest BCUT2D eigenvalue weighted by Crippen LogP contribution is 2.06. The van der Waals surface area contributed by atoms with Gasteiger partial charge in [0.25, 0.3) is 0 Å². The van der Waals surface area contributed by atoms with Crippen LogP contribution in [0.15, 0.2) is 54.8 Å². The summed E-state index contributed by atoms with van der Waals surface area (Å²) in [5.74, 6) is 0. The molecule has 0 aromatic heterocycles. The summed E-state index contributed by atoms with van der Waals surface area (Å²) in [4.78, 5) is 13.1. The molecule has 0 saturated carbocycles. The van der Waals surface area contributed by atoms with Gasteiger partial charge < -0.3 is 19.9 Å². The average molecular weight is 360 g/mol. The van der Waals surface area contributed by atoms with Crippen LogP contribution in [0.2, 0.25) is 0 Å². The Morgan fingerprint density at radius 3 is 2.62 bits per heavy atom. The third kappa shape index (κ3) is 7.82. The highest BCUT2D eigenvalue weighted by Gasteiger charge is 2.12. The van der Waals surface area contributed by atoms with Crippen LogP contribution in [0.4, 0.5) is 4.79 Å². The molecule has 1 amide bonds. The molecular weight excluding hydrogens is 332 g/mol. The SMILES string of the molecule is O=C(OCc1ccccc1)N1C=CC=CC1.OCCOC1CCNCC1. The number of nitrogens with zero attached hydrogens (tertiary/aromatic N) is 1. The number of benzene rings is 1. The Labute approximate surface area is 155 Å². The van der Waals surface area contributed by atoms with Gasteiger partial charge >= 0.3 is 6.09 Å². The molecule has 0 unspecified atom stereocenters. The minimum atomic E-state index is -0.315. The Morgan fingerprint density at radius 2 is 1.96 bits per heavy atom. The number of aliphatic hydroxyl groups excluding tert-OH is 1. The standard InChI is InChI=1S/C13H13NO2.C7H15NO2/c15-13(14-9-5-2-6-10-14)16-11-12-7-3-1-4-8-12;9-5-6-10-7-1-3-8-4-2-7/h1-9H,10-11H2;7-9H,1-6H2. The van der Waals surface area contributed by atoms with Gasteiger partial charge in [0.05, 0.1) is 19.3 Å². The number of allylic oxidation sites excluding steroid dienone is 2. The molecule has 0 spiro atoms. The van der Waals surface area contributed by atoms with E-state index in [0.717, 1.165) is 31.5 Å². The van der Waals surface area contributed by atoms with Crippen LogP contribution in [0, 0.1) is 0 Å². The van der Waals surface area contributed by atoms with Crippen molar-refractivity contribution in [2.75, 3.05) is 32.8 Å². The largest absolute Gasteiger partial charge is 0.444 e. The molecule has 3 rings (SSSR count). The van der Waals surface area contributed by atoms with E-state index in [1.54, 1.807) is 6.20 Å². The Hall–Kier alpha value is -2.15. The van der Waals surface area contributed by atoms with Gasteiger partial charge in [0, 0.05) is 12.7 Å². The molecule has 2 aliphatic heterocycles. The zero-order chi connectivity index (χ0) is 18.5. The molecule has 0 radical (unpaired) electrons. The quantitative estimate of drug-likeness (QED) is 0.844. The Balaban J connectivity index is 0.000000209. The maximum absolute atomic E-state index is 11.6. The van der Waals surface area contributed by atoms with E-state index in [2.05, 4.69) is 5.32 Å². The van der Waals surface area contributed by atoms with Crippen molar-refractivity contribution in [3.8, 4) is 0 Å². The second-order valence-electron chi connectivity index (χ2n) is 6.01. The predicted octanol–water partition coefficient (Wildman–Crippen LogP) is 2.46. The van der Waals surface area contributed by atoms with Crippen LogP contribution in [0.1, 0.15) is 18.4 Å². The highest BCUT2D eigenvalue weighted by atomic mass is 16.6. The number of carbonyl (C=O) groups is 1. The molecule has 6 heteroatoms. The van der Waals surface area contributed by atoms with Crippen molar-refractivity contribution in [2.24, 2.45) is 0 Å². The van der Waals surface area contributed by atoms with Crippen molar-refractivity contribution in [3.63, 3.8) is 0 Å². The summed E-state index contributed by atoms with van der Waals surface area (Å²) in [5, 5.41) is 11.7. The number of ether oxygens (including phenoxy) is 2. The second-order valence-corrected chi connectivity index (χ2v) is 6.01. The Bertz CT molecular complexity index is 568. The lowest BCUT2D eigenvalue weighted by molar-refractivity contribution is 0.0126. The first-order valence-electron chi connectivity index (χ1n) is 9.03. The molecule has 0 atom stereocenters. The smallest absolute Gasteiger partial charge is 0.414 e. The summed E-state index contributed by atoms with van der Waals surface area (Å²) in [6.45, 7) is 3.62. The van der Waals surface area contributed by atoms with Crippen molar-refractivity contribution in [2.45, 2.75) is 25.6 Å². The van der Waals surface area contributed by atoms with Crippen LogP contribution in [0.5, 0.6) is 0 Å². The van der Waals surface area contributed by atoms with Crippen molar-refractivity contribution >= 4 is 6.09 Å². The van der Waals surface area contributed by atoms with E-state index in [4.69, 9.17) is 14.6 Å². The summed E-state index contributed by atoms with van der Waals surface area (Å²) in [6, 6.07) is 9.64. The normalized spacial score (nSPS) is 16.7. The van der Waals surface area contributed by atoms with Gasteiger partial charge in [0.15, 0.2) is 0 Å². The topological polar surface area (TPSA) is 71.0 Å². The summed E-state index contributed by atoms with van der Waals surface area (Å²) in [6.07, 6.45) is 9.57. The van der Waals surface area contributed by atoms with E-state index in [9.17, 15) is 4.79 Å². The number of hydrogen-bond donors (Lipinski definition) is 2. The molecule has 142 valence electrons.